The Labute approximate surface area is 113 Å². The highest BCUT2D eigenvalue weighted by molar-refractivity contribution is 6.08. The highest BCUT2D eigenvalue weighted by atomic mass is 19.1. The van der Waals surface area contributed by atoms with Crippen LogP contribution in [0.15, 0.2) is 18.5 Å². The van der Waals surface area contributed by atoms with Gasteiger partial charge in [-0.15, -0.1) is 0 Å². The third kappa shape index (κ3) is 2.37. The topological polar surface area (TPSA) is 95.1 Å². The summed E-state index contributed by atoms with van der Waals surface area (Å²) in [5, 5.41) is 11.4. The molecule has 2 heterocycles. The molecular formula is C13H12FN3O3. The van der Waals surface area contributed by atoms with E-state index in [0.29, 0.717) is 11.3 Å². The summed E-state index contributed by atoms with van der Waals surface area (Å²) >= 11 is 0. The SMILES string of the molecule is Cc1[nH]c(C(=O)O)c(C)c1C(=O)Nc1ccncc1F. The zero-order valence-electron chi connectivity index (χ0n) is 10.8. The van der Waals surface area contributed by atoms with Crippen LogP contribution in [0, 0.1) is 19.7 Å². The average Bonchev–Trinajstić information content (AvgIpc) is 2.68. The van der Waals surface area contributed by atoms with E-state index < -0.39 is 17.7 Å². The molecule has 2 aromatic heterocycles. The predicted molar refractivity (Wildman–Crippen MR) is 69.4 cm³/mol. The lowest BCUT2D eigenvalue weighted by molar-refractivity contribution is 0.0690. The van der Waals surface area contributed by atoms with Crippen LogP contribution in [0.3, 0.4) is 0 Å². The molecule has 0 unspecified atom stereocenters. The molecule has 20 heavy (non-hydrogen) atoms. The van der Waals surface area contributed by atoms with E-state index in [4.69, 9.17) is 5.11 Å². The number of hydrogen-bond donors (Lipinski definition) is 3. The maximum Gasteiger partial charge on any atom is 0.352 e. The van der Waals surface area contributed by atoms with Crippen molar-refractivity contribution in [2.45, 2.75) is 13.8 Å². The van der Waals surface area contributed by atoms with Crippen molar-refractivity contribution in [1.82, 2.24) is 9.97 Å². The lowest BCUT2D eigenvalue weighted by atomic mass is 10.1. The number of nitrogens with zero attached hydrogens (tertiary/aromatic N) is 1. The van der Waals surface area contributed by atoms with Gasteiger partial charge in [-0.05, 0) is 25.5 Å². The van der Waals surface area contributed by atoms with Crippen LogP contribution < -0.4 is 5.32 Å². The van der Waals surface area contributed by atoms with E-state index in [1.807, 2.05) is 0 Å². The van der Waals surface area contributed by atoms with Crippen molar-refractivity contribution in [2.75, 3.05) is 5.32 Å². The zero-order valence-corrected chi connectivity index (χ0v) is 10.8. The van der Waals surface area contributed by atoms with Crippen LogP contribution in [0.2, 0.25) is 0 Å². The Bertz CT molecular complexity index is 694. The van der Waals surface area contributed by atoms with Gasteiger partial charge in [-0.25, -0.2) is 9.18 Å². The number of carbonyl (C=O) groups excluding carboxylic acids is 1. The Kier molecular flexibility index (Phi) is 3.51. The molecule has 6 nitrogen and oxygen atoms in total. The fourth-order valence-electron chi connectivity index (χ4n) is 1.97. The molecule has 1 amide bonds. The second-order valence-electron chi connectivity index (χ2n) is 4.24. The van der Waals surface area contributed by atoms with Crippen LogP contribution >= 0.6 is 0 Å². The van der Waals surface area contributed by atoms with Gasteiger partial charge in [-0.1, -0.05) is 0 Å². The van der Waals surface area contributed by atoms with Crippen molar-refractivity contribution in [2.24, 2.45) is 0 Å². The van der Waals surface area contributed by atoms with Gasteiger partial charge in [0.15, 0.2) is 5.82 Å². The van der Waals surface area contributed by atoms with Crippen LogP contribution in [0.5, 0.6) is 0 Å². The molecule has 0 spiro atoms. The molecule has 0 saturated heterocycles. The smallest absolute Gasteiger partial charge is 0.352 e. The van der Waals surface area contributed by atoms with Gasteiger partial charge >= 0.3 is 5.97 Å². The summed E-state index contributed by atoms with van der Waals surface area (Å²) in [4.78, 5) is 29.3. The number of aromatic amines is 1. The molecule has 0 aliphatic rings. The number of rotatable bonds is 3. The first-order valence-electron chi connectivity index (χ1n) is 5.75. The minimum Gasteiger partial charge on any atom is -0.477 e. The van der Waals surface area contributed by atoms with Gasteiger partial charge in [-0.3, -0.25) is 9.78 Å². The molecule has 0 aromatic carbocycles. The number of carboxylic acids is 1. The largest absolute Gasteiger partial charge is 0.477 e. The molecule has 0 aliphatic carbocycles. The Morgan fingerprint density at radius 1 is 1.40 bits per heavy atom. The highest BCUT2D eigenvalue weighted by Gasteiger charge is 2.22. The van der Waals surface area contributed by atoms with E-state index >= 15 is 0 Å². The van der Waals surface area contributed by atoms with Gasteiger partial charge in [0, 0.05) is 11.9 Å². The first-order chi connectivity index (χ1) is 9.41. The first-order valence-corrected chi connectivity index (χ1v) is 5.75. The summed E-state index contributed by atoms with van der Waals surface area (Å²) in [5.74, 6) is -2.39. The number of nitrogens with one attached hydrogen (secondary N) is 2. The number of H-pyrrole nitrogens is 1. The summed E-state index contributed by atoms with van der Waals surface area (Å²) in [5.41, 5.74) is 0.845. The predicted octanol–water partition coefficient (Wildman–Crippen LogP) is 2.12. The number of carbonyl (C=O) groups is 2. The summed E-state index contributed by atoms with van der Waals surface area (Å²) in [6.45, 7) is 3.10. The van der Waals surface area contributed by atoms with Gasteiger partial charge in [0.2, 0.25) is 0 Å². The fraction of sp³-hybridized carbons (Fsp3) is 0.154. The van der Waals surface area contributed by atoms with E-state index in [9.17, 15) is 14.0 Å². The van der Waals surface area contributed by atoms with E-state index in [2.05, 4.69) is 15.3 Å². The lowest BCUT2D eigenvalue weighted by Crippen LogP contribution is -2.15. The molecule has 7 heteroatoms. The Morgan fingerprint density at radius 3 is 2.65 bits per heavy atom. The maximum absolute atomic E-state index is 13.4. The third-order valence-electron chi connectivity index (χ3n) is 2.90. The average molecular weight is 277 g/mol. The van der Waals surface area contributed by atoms with Crippen molar-refractivity contribution in [3.8, 4) is 0 Å². The quantitative estimate of drug-likeness (QED) is 0.800. The molecular weight excluding hydrogens is 265 g/mol. The lowest BCUT2D eigenvalue weighted by Gasteiger charge is -2.06. The van der Waals surface area contributed by atoms with Crippen LogP contribution in [-0.2, 0) is 0 Å². The number of amides is 1. The third-order valence-corrected chi connectivity index (χ3v) is 2.90. The van der Waals surface area contributed by atoms with Gasteiger partial charge < -0.3 is 15.4 Å². The van der Waals surface area contributed by atoms with Gasteiger partial charge in [0.05, 0.1) is 17.4 Å². The molecule has 0 atom stereocenters. The maximum atomic E-state index is 13.4. The van der Waals surface area contributed by atoms with Crippen molar-refractivity contribution in [1.29, 1.82) is 0 Å². The highest BCUT2D eigenvalue weighted by Crippen LogP contribution is 2.20. The molecule has 2 aromatic rings. The number of aromatic nitrogens is 2. The van der Waals surface area contributed by atoms with Crippen molar-refractivity contribution in [3.05, 3.63) is 46.8 Å². The number of pyridine rings is 1. The molecule has 0 aliphatic heterocycles. The number of aromatic carboxylic acids is 1. The number of anilines is 1. The molecule has 0 fully saturated rings. The fourth-order valence-corrected chi connectivity index (χ4v) is 1.97. The summed E-state index contributed by atoms with van der Waals surface area (Å²) in [6.07, 6.45) is 2.33. The van der Waals surface area contributed by atoms with Crippen LogP contribution in [0.1, 0.15) is 32.1 Å². The minimum absolute atomic E-state index is 0.0122. The molecule has 0 bridgehead atoms. The summed E-state index contributed by atoms with van der Waals surface area (Å²) in [7, 11) is 0. The second-order valence-corrected chi connectivity index (χ2v) is 4.24. The van der Waals surface area contributed by atoms with E-state index in [0.717, 1.165) is 6.20 Å². The minimum atomic E-state index is -1.15. The molecule has 104 valence electrons. The monoisotopic (exact) mass is 277 g/mol. The normalized spacial score (nSPS) is 10.3. The zero-order chi connectivity index (χ0) is 14.9. The van der Waals surface area contributed by atoms with Crippen molar-refractivity contribution >= 4 is 17.6 Å². The number of aryl methyl sites for hydroxylation is 1. The standard InChI is InChI=1S/C13H12FN3O3/c1-6-10(7(2)16-11(6)13(19)20)12(18)17-9-3-4-15-5-8(9)14/h3-5,16H,1-2H3,(H,19,20)(H,15,17,18). The molecule has 2 rings (SSSR count). The van der Waals surface area contributed by atoms with E-state index in [1.54, 1.807) is 6.92 Å². The van der Waals surface area contributed by atoms with Crippen LogP contribution in [-0.4, -0.2) is 27.0 Å². The van der Waals surface area contributed by atoms with Gasteiger partial charge in [0.25, 0.3) is 5.91 Å². The van der Waals surface area contributed by atoms with Crippen molar-refractivity contribution < 1.29 is 19.1 Å². The van der Waals surface area contributed by atoms with E-state index in [1.165, 1.54) is 19.2 Å². The number of halogens is 1. The summed E-state index contributed by atoms with van der Waals surface area (Å²) in [6, 6.07) is 1.32. The van der Waals surface area contributed by atoms with Crippen molar-refractivity contribution in [3.63, 3.8) is 0 Å². The second kappa shape index (κ2) is 5.12. The Morgan fingerprint density at radius 2 is 2.10 bits per heavy atom. The molecule has 3 N–H and O–H groups in total. The number of carboxylic acid groups (broad SMARTS) is 1. The summed E-state index contributed by atoms with van der Waals surface area (Å²) < 4.78 is 13.4. The molecule has 0 radical (unpaired) electrons. The Hall–Kier alpha value is -2.70. The van der Waals surface area contributed by atoms with Crippen LogP contribution in [0.25, 0.3) is 0 Å². The first kappa shape index (κ1) is 13.7. The van der Waals surface area contributed by atoms with Crippen LogP contribution in [0.4, 0.5) is 10.1 Å². The molecule has 0 saturated carbocycles. The van der Waals surface area contributed by atoms with Gasteiger partial charge in [0.1, 0.15) is 5.69 Å². The van der Waals surface area contributed by atoms with Gasteiger partial charge in [-0.2, -0.15) is 0 Å². The van der Waals surface area contributed by atoms with E-state index in [-0.39, 0.29) is 16.9 Å². The Balaban J connectivity index is 2.35. The number of hydrogen-bond acceptors (Lipinski definition) is 3.